The molecule has 8 heteroatoms. The van der Waals surface area contributed by atoms with Crippen LogP contribution in [0.5, 0.6) is 0 Å². The molecule has 0 amide bonds. The zero-order valence-electron chi connectivity index (χ0n) is 14.1. The molecule has 3 rings (SSSR count). The molecule has 0 aliphatic heterocycles. The lowest BCUT2D eigenvalue weighted by Crippen LogP contribution is -1.96. The summed E-state index contributed by atoms with van der Waals surface area (Å²) in [5, 5.41) is 24.9. The fraction of sp³-hybridized carbons (Fsp3) is 0.0526. The van der Waals surface area contributed by atoms with Gasteiger partial charge in [-0.1, -0.05) is 11.6 Å². The van der Waals surface area contributed by atoms with E-state index >= 15 is 0 Å². The molecule has 1 heterocycles. The van der Waals surface area contributed by atoms with Gasteiger partial charge in [0.2, 0.25) is 0 Å². The number of nitro groups is 1. The molecule has 0 unspecified atom stereocenters. The highest BCUT2D eigenvalue weighted by Crippen LogP contribution is 2.28. The van der Waals surface area contributed by atoms with Crippen molar-refractivity contribution >= 4 is 28.9 Å². The van der Waals surface area contributed by atoms with Gasteiger partial charge < -0.3 is 0 Å². The number of aromatic nitrogens is 2. The number of non-ortho nitro benzene ring substituents is 1. The summed E-state index contributed by atoms with van der Waals surface area (Å²) in [6.45, 7) is 1.74. The summed E-state index contributed by atoms with van der Waals surface area (Å²) in [6, 6.07) is 13.4. The topological polar surface area (TPSA) is 84.8 Å². The second-order valence-electron chi connectivity index (χ2n) is 5.65. The fourth-order valence-corrected chi connectivity index (χ4v) is 2.84. The third-order valence-electron chi connectivity index (χ3n) is 3.92. The molecule has 6 nitrogen and oxygen atoms in total. The van der Waals surface area contributed by atoms with Crippen LogP contribution in [0.25, 0.3) is 17.3 Å². The molecule has 0 bridgehead atoms. The van der Waals surface area contributed by atoms with Crippen molar-refractivity contribution in [3.8, 4) is 11.8 Å². The Morgan fingerprint density at radius 3 is 2.44 bits per heavy atom. The molecule has 0 saturated carbocycles. The molecular weight excluding hydrogens is 371 g/mol. The number of halogens is 2. The van der Waals surface area contributed by atoms with E-state index in [2.05, 4.69) is 11.2 Å². The van der Waals surface area contributed by atoms with Gasteiger partial charge >= 0.3 is 0 Å². The van der Waals surface area contributed by atoms with E-state index < -0.39 is 4.92 Å². The van der Waals surface area contributed by atoms with Crippen molar-refractivity contribution in [2.45, 2.75) is 6.92 Å². The van der Waals surface area contributed by atoms with Crippen LogP contribution < -0.4 is 0 Å². The van der Waals surface area contributed by atoms with Crippen molar-refractivity contribution in [1.29, 1.82) is 5.26 Å². The van der Waals surface area contributed by atoms with Gasteiger partial charge in [-0.15, -0.1) is 0 Å². The first-order chi connectivity index (χ1) is 12.9. The van der Waals surface area contributed by atoms with Crippen molar-refractivity contribution < 1.29 is 9.31 Å². The van der Waals surface area contributed by atoms with E-state index in [9.17, 15) is 19.8 Å². The number of aryl methyl sites for hydroxylation is 1. The van der Waals surface area contributed by atoms with Crippen LogP contribution in [0, 0.1) is 34.2 Å². The molecule has 0 fully saturated rings. The number of rotatable bonds is 4. The van der Waals surface area contributed by atoms with Crippen molar-refractivity contribution in [1.82, 2.24) is 9.78 Å². The Morgan fingerprint density at radius 1 is 1.26 bits per heavy atom. The van der Waals surface area contributed by atoms with Crippen LogP contribution in [0.15, 0.2) is 48.5 Å². The standard InChI is InChI=1S/C19H12ClFN4O2/c1-12-18(19(20)24(23-12)16-8-4-15(21)5-9-16)10-14(11-22)13-2-6-17(7-3-13)25(26)27/h2-10H,1H3/b14-10+. The second kappa shape index (κ2) is 7.40. The van der Waals surface area contributed by atoms with Crippen molar-refractivity contribution in [2.24, 2.45) is 0 Å². The van der Waals surface area contributed by atoms with Crippen molar-refractivity contribution in [3.05, 3.63) is 86.4 Å². The minimum Gasteiger partial charge on any atom is -0.258 e. The van der Waals surface area contributed by atoms with Crippen molar-refractivity contribution in [2.75, 3.05) is 0 Å². The summed E-state index contributed by atoms with van der Waals surface area (Å²) in [5.74, 6) is -0.371. The molecule has 2 aromatic carbocycles. The Bertz CT molecular complexity index is 1080. The molecule has 0 atom stereocenters. The SMILES string of the molecule is Cc1nn(-c2ccc(F)cc2)c(Cl)c1/C=C(\C#N)c1ccc([N+](=O)[O-])cc1. The average Bonchev–Trinajstić information content (AvgIpc) is 2.94. The average molecular weight is 383 g/mol. The molecule has 134 valence electrons. The smallest absolute Gasteiger partial charge is 0.258 e. The number of nitriles is 1. The van der Waals surface area contributed by atoms with Crippen LogP contribution in [-0.4, -0.2) is 14.7 Å². The third-order valence-corrected chi connectivity index (χ3v) is 4.28. The molecule has 3 aromatic rings. The number of benzene rings is 2. The second-order valence-corrected chi connectivity index (χ2v) is 6.01. The summed E-state index contributed by atoms with van der Waals surface area (Å²) in [6.07, 6.45) is 1.58. The van der Waals surface area contributed by atoms with Crippen LogP contribution in [0.4, 0.5) is 10.1 Å². The van der Waals surface area contributed by atoms with E-state index in [0.717, 1.165) is 0 Å². The van der Waals surface area contributed by atoms with Gasteiger partial charge in [-0.2, -0.15) is 10.4 Å². The summed E-state index contributed by atoms with van der Waals surface area (Å²) in [7, 11) is 0. The molecule has 1 aromatic heterocycles. The Labute approximate surface area is 158 Å². The maximum absolute atomic E-state index is 13.1. The van der Waals surface area contributed by atoms with Gasteiger partial charge in [-0.05, 0) is 55.0 Å². The van der Waals surface area contributed by atoms with E-state index in [4.69, 9.17) is 11.6 Å². The Kier molecular flexibility index (Phi) is 5.01. The van der Waals surface area contributed by atoms with E-state index in [1.807, 2.05) is 0 Å². The molecule has 0 aliphatic carbocycles. The number of hydrogen-bond donors (Lipinski definition) is 0. The molecule has 0 aliphatic rings. The van der Waals surface area contributed by atoms with Gasteiger partial charge in [0.25, 0.3) is 5.69 Å². The first-order valence-electron chi connectivity index (χ1n) is 7.78. The molecule has 0 N–H and O–H groups in total. The summed E-state index contributed by atoms with van der Waals surface area (Å²) in [5.41, 5.74) is 2.45. The van der Waals surface area contributed by atoms with E-state index in [1.165, 1.54) is 41.1 Å². The van der Waals surface area contributed by atoms with Gasteiger partial charge in [0, 0.05) is 17.7 Å². The maximum Gasteiger partial charge on any atom is 0.269 e. The van der Waals surface area contributed by atoms with Gasteiger partial charge in [0.1, 0.15) is 11.0 Å². The van der Waals surface area contributed by atoms with Gasteiger partial charge in [0.15, 0.2) is 0 Å². The highest BCUT2D eigenvalue weighted by atomic mass is 35.5. The van der Waals surface area contributed by atoms with E-state index in [1.54, 1.807) is 25.1 Å². The molecular formula is C19H12ClFN4O2. The lowest BCUT2D eigenvalue weighted by Gasteiger charge is -2.03. The minimum atomic E-state index is -0.507. The Hall–Kier alpha value is -3.50. The highest BCUT2D eigenvalue weighted by Gasteiger charge is 2.15. The molecule has 0 radical (unpaired) electrons. The van der Waals surface area contributed by atoms with Gasteiger partial charge in [-0.25, -0.2) is 9.07 Å². The highest BCUT2D eigenvalue weighted by molar-refractivity contribution is 6.31. The largest absolute Gasteiger partial charge is 0.269 e. The minimum absolute atomic E-state index is 0.0608. The summed E-state index contributed by atoms with van der Waals surface area (Å²) in [4.78, 5) is 10.3. The number of nitro benzene ring substituents is 1. The number of hydrogen-bond acceptors (Lipinski definition) is 4. The normalized spacial score (nSPS) is 11.3. The molecule has 27 heavy (non-hydrogen) atoms. The first-order valence-corrected chi connectivity index (χ1v) is 8.16. The van der Waals surface area contributed by atoms with Crippen LogP contribution in [0.3, 0.4) is 0 Å². The predicted octanol–water partition coefficient (Wildman–Crippen LogP) is 4.95. The third kappa shape index (κ3) is 3.71. The predicted molar refractivity (Wildman–Crippen MR) is 99.8 cm³/mol. The molecule has 0 spiro atoms. The van der Waals surface area contributed by atoms with Gasteiger partial charge in [0.05, 0.1) is 27.9 Å². The lowest BCUT2D eigenvalue weighted by atomic mass is 10.0. The summed E-state index contributed by atoms with van der Waals surface area (Å²) >= 11 is 6.42. The van der Waals surface area contributed by atoms with E-state index in [-0.39, 0.29) is 22.2 Å². The van der Waals surface area contributed by atoms with Crippen LogP contribution >= 0.6 is 11.6 Å². The Balaban J connectivity index is 2.03. The number of nitrogens with zero attached hydrogens (tertiary/aromatic N) is 4. The van der Waals surface area contributed by atoms with Gasteiger partial charge in [-0.3, -0.25) is 10.1 Å². The summed E-state index contributed by atoms with van der Waals surface area (Å²) < 4.78 is 14.6. The van der Waals surface area contributed by atoms with Crippen molar-refractivity contribution in [3.63, 3.8) is 0 Å². The number of allylic oxidation sites excluding steroid dienone is 1. The van der Waals surface area contributed by atoms with Crippen LogP contribution in [0.2, 0.25) is 5.15 Å². The quantitative estimate of drug-likeness (QED) is 0.363. The van der Waals surface area contributed by atoms with E-state index in [0.29, 0.717) is 22.5 Å². The monoisotopic (exact) mass is 382 g/mol. The zero-order valence-corrected chi connectivity index (χ0v) is 14.8. The molecule has 0 saturated heterocycles. The first kappa shape index (κ1) is 18.3. The lowest BCUT2D eigenvalue weighted by molar-refractivity contribution is -0.384. The van der Waals surface area contributed by atoms with Crippen LogP contribution in [-0.2, 0) is 0 Å². The fourth-order valence-electron chi connectivity index (χ4n) is 2.52. The Morgan fingerprint density at radius 2 is 1.89 bits per heavy atom. The zero-order chi connectivity index (χ0) is 19.6. The van der Waals surface area contributed by atoms with Crippen LogP contribution in [0.1, 0.15) is 16.8 Å². The maximum atomic E-state index is 13.1.